The minimum absolute atomic E-state index is 0.286. The fourth-order valence-electron chi connectivity index (χ4n) is 2.27. The van der Waals surface area contributed by atoms with E-state index in [-0.39, 0.29) is 5.69 Å². The predicted octanol–water partition coefficient (Wildman–Crippen LogP) is 3.46. The van der Waals surface area contributed by atoms with Crippen LogP contribution in [-0.2, 0) is 6.54 Å². The van der Waals surface area contributed by atoms with Gasteiger partial charge in [-0.05, 0) is 11.6 Å². The third-order valence-corrected chi connectivity index (χ3v) is 4.21. The second-order valence-electron chi connectivity index (χ2n) is 4.43. The van der Waals surface area contributed by atoms with Crippen molar-refractivity contribution in [1.29, 1.82) is 0 Å². The zero-order valence-electron chi connectivity index (χ0n) is 10.9. The Morgan fingerprint density at radius 2 is 2.10 bits per heavy atom. The van der Waals surface area contributed by atoms with Crippen LogP contribution in [0.5, 0.6) is 5.75 Å². The highest BCUT2D eigenvalue weighted by Gasteiger charge is 2.18. The first-order chi connectivity index (χ1) is 9.70. The first-order valence-corrected chi connectivity index (χ1v) is 7.00. The zero-order valence-corrected chi connectivity index (χ0v) is 11.7. The third kappa shape index (κ3) is 2.06. The van der Waals surface area contributed by atoms with Crippen LogP contribution in [0.4, 0.5) is 0 Å². The molecule has 20 heavy (non-hydrogen) atoms. The summed E-state index contributed by atoms with van der Waals surface area (Å²) in [5.74, 6) is -0.203. The number of benzene rings is 1. The largest absolute Gasteiger partial charge is 0.495 e. The highest BCUT2D eigenvalue weighted by atomic mass is 32.1. The minimum atomic E-state index is -0.925. The summed E-state index contributed by atoms with van der Waals surface area (Å²) in [5, 5.41) is 12.1. The van der Waals surface area contributed by atoms with Gasteiger partial charge >= 0.3 is 5.97 Å². The number of carboxylic acids is 1. The van der Waals surface area contributed by atoms with Gasteiger partial charge in [0.2, 0.25) is 0 Å². The zero-order chi connectivity index (χ0) is 14.1. The molecule has 0 saturated carbocycles. The first kappa shape index (κ1) is 12.7. The van der Waals surface area contributed by atoms with Crippen LogP contribution in [0, 0.1) is 0 Å². The monoisotopic (exact) mass is 287 g/mol. The molecule has 0 bridgehead atoms. The molecule has 0 aliphatic rings. The quantitative estimate of drug-likeness (QED) is 0.799. The van der Waals surface area contributed by atoms with E-state index >= 15 is 0 Å². The normalized spacial score (nSPS) is 10.8. The number of ether oxygens (including phenoxy) is 1. The molecule has 0 aliphatic heterocycles. The predicted molar refractivity (Wildman–Crippen MR) is 78.9 cm³/mol. The topological polar surface area (TPSA) is 51.5 Å². The second kappa shape index (κ2) is 5.02. The second-order valence-corrected chi connectivity index (χ2v) is 5.29. The van der Waals surface area contributed by atoms with E-state index in [4.69, 9.17) is 4.74 Å². The summed E-state index contributed by atoms with van der Waals surface area (Å²) in [5.41, 5.74) is 1.36. The molecule has 0 atom stereocenters. The minimum Gasteiger partial charge on any atom is -0.495 e. The number of carbonyl (C=O) groups is 1. The van der Waals surface area contributed by atoms with Gasteiger partial charge in [-0.15, -0.1) is 11.3 Å². The number of nitrogens with zero attached hydrogens (tertiary/aromatic N) is 1. The van der Waals surface area contributed by atoms with Crippen molar-refractivity contribution in [2.45, 2.75) is 6.54 Å². The van der Waals surface area contributed by atoms with Gasteiger partial charge in [0.15, 0.2) is 0 Å². The van der Waals surface area contributed by atoms with E-state index in [0.29, 0.717) is 6.54 Å². The summed E-state index contributed by atoms with van der Waals surface area (Å²) in [6.07, 6.45) is 0. The molecule has 2 aromatic heterocycles. The molecular weight excluding hydrogens is 274 g/mol. The molecule has 0 unspecified atom stereocenters. The van der Waals surface area contributed by atoms with E-state index in [0.717, 1.165) is 21.5 Å². The van der Waals surface area contributed by atoms with Crippen molar-refractivity contribution >= 4 is 27.5 Å². The molecule has 0 amide bonds. The number of hydrogen-bond acceptors (Lipinski definition) is 3. The van der Waals surface area contributed by atoms with Gasteiger partial charge in [0.1, 0.15) is 16.3 Å². The number of methoxy groups -OCH3 is 1. The van der Waals surface area contributed by atoms with Gasteiger partial charge in [0.05, 0.1) is 12.5 Å². The number of carboxylic acid groups (broad SMARTS) is 1. The molecule has 1 N–H and O–H groups in total. The van der Waals surface area contributed by atoms with Crippen LogP contribution in [0.25, 0.3) is 10.2 Å². The molecule has 1 aromatic carbocycles. The van der Waals surface area contributed by atoms with Gasteiger partial charge < -0.3 is 14.4 Å². The summed E-state index contributed by atoms with van der Waals surface area (Å²) in [6.45, 7) is 0.537. The van der Waals surface area contributed by atoms with E-state index in [1.165, 1.54) is 11.3 Å². The molecule has 0 spiro atoms. The van der Waals surface area contributed by atoms with Gasteiger partial charge in [-0.2, -0.15) is 0 Å². The summed E-state index contributed by atoms with van der Waals surface area (Å²) in [4.78, 5) is 12.3. The maximum atomic E-state index is 11.4. The molecule has 0 saturated heterocycles. The maximum Gasteiger partial charge on any atom is 0.352 e. The van der Waals surface area contributed by atoms with E-state index < -0.39 is 5.97 Å². The molecule has 102 valence electrons. The summed E-state index contributed by atoms with van der Waals surface area (Å²) in [6, 6.07) is 11.5. The molecule has 0 radical (unpaired) electrons. The lowest BCUT2D eigenvalue weighted by Gasteiger charge is -2.07. The third-order valence-electron chi connectivity index (χ3n) is 3.21. The van der Waals surface area contributed by atoms with Gasteiger partial charge in [-0.3, -0.25) is 0 Å². The standard InChI is InChI=1S/C15H13NO3S/c1-19-13-9-20-14-11(13)7-12(15(17)18)16(14)8-10-5-3-2-4-6-10/h2-7,9H,8H2,1H3,(H,17,18). The molecule has 4 nitrogen and oxygen atoms in total. The summed E-state index contributed by atoms with van der Waals surface area (Å²) in [7, 11) is 1.59. The van der Waals surface area contributed by atoms with Crippen molar-refractivity contribution in [3.05, 3.63) is 53.0 Å². The molecule has 0 aliphatic carbocycles. The van der Waals surface area contributed by atoms with E-state index in [1.54, 1.807) is 13.2 Å². The van der Waals surface area contributed by atoms with Crippen molar-refractivity contribution in [2.24, 2.45) is 0 Å². The Morgan fingerprint density at radius 3 is 2.75 bits per heavy atom. The molecular formula is C15H13NO3S. The highest BCUT2D eigenvalue weighted by molar-refractivity contribution is 7.17. The number of aromatic nitrogens is 1. The summed E-state index contributed by atoms with van der Waals surface area (Å²) >= 11 is 1.50. The van der Waals surface area contributed by atoms with Gasteiger partial charge in [0, 0.05) is 11.9 Å². The van der Waals surface area contributed by atoms with Crippen LogP contribution in [-0.4, -0.2) is 22.8 Å². The van der Waals surface area contributed by atoms with Crippen LogP contribution in [0.3, 0.4) is 0 Å². The van der Waals surface area contributed by atoms with E-state index in [9.17, 15) is 9.90 Å². The lowest BCUT2D eigenvalue weighted by Crippen LogP contribution is -2.08. The Morgan fingerprint density at radius 1 is 1.35 bits per heavy atom. The number of thiophene rings is 1. The van der Waals surface area contributed by atoms with Gasteiger partial charge in [0.25, 0.3) is 0 Å². The number of hydrogen-bond donors (Lipinski definition) is 1. The number of aromatic carboxylic acids is 1. The van der Waals surface area contributed by atoms with Crippen molar-refractivity contribution in [3.63, 3.8) is 0 Å². The average molecular weight is 287 g/mol. The van der Waals surface area contributed by atoms with Gasteiger partial charge in [-0.1, -0.05) is 30.3 Å². The molecule has 5 heteroatoms. The summed E-state index contributed by atoms with van der Waals surface area (Å²) < 4.78 is 7.09. The first-order valence-electron chi connectivity index (χ1n) is 6.12. The van der Waals surface area contributed by atoms with Crippen LogP contribution in [0.1, 0.15) is 16.1 Å². The highest BCUT2D eigenvalue weighted by Crippen LogP contribution is 2.35. The molecule has 3 rings (SSSR count). The Bertz CT molecular complexity index is 758. The average Bonchev–Trinajstić information content (AvgIpc) is 3.00. The lowest BCUT2D eigenvalue weighted by molar-refractivity contribution is 0.0686. The van der Waals surface area contributed by atoms with Gasteiger partial charge in [-0.25, -0.2) is 4.79 Å². The molecule has 2 heterocycles. The maximum absolute atomic E-state index is 11.4. The number of fused-ring (bicyclic) bond motifs is 1. The SMILES string of the molecule is COc1csc2c1cc(C(=O)O)n2Cc1ccccc1. The van der Waals surface area contributed by atoms with Crippen molar-refractivity contribution < 1.29 is 14.6 Å². The number of rotatable bonds is 4. The van der Waals surface area contributed by atoms with Crippen LogP contribution in [0.2, 0.25) is 0 Å². The van der Waals surface area contributed by atoms with E-state index in [2.05, 4.69) is 0 Å². The Balaban J connectivity index is 2.14. The van der Waals surface area contributed by atoms with Crippen molar-refractivity contribution in [2.75, 3.05) is 7.11 Å². The lowest BCUT2D eigenvalue weighted by atomic mass is 10.2. The van der Waals surface area contributed by atoms with Crippen molar-refractivity contribution in [1.82, 2.24) is 4.57 Å². The fraction of sp³-hybridized carbons (Fsp3) is 0.133. The van der Waals surface area contributed by atoms with Crippen molar-refractivity contribution in [3.8, 4) is 5.75 Å². The Labute approximate surface area is 119 Å². The smallest absolute Gasteiger partial charge is 0.352 e. The molecule has 3 aromatic rings. The van der Waals surface area contributed by atoms with E-state index in [1.807, 2.05) is 40.3 Å². The molecule has 0 fully saturated rings. The Kier molecular flexibility index (Phi) is 3.20. The fourth-order valence-corrected chi connectivity index (χ4v) is 3.28. The Hall–Kier alpha value is -2.27. The van der Waals surface area contributed by atoms with Crippen LogP contribution in [0.15, 0.2) is 41.8 Å². The van der Waals surface area contributed by atoms with Crippen LogP contribution < -0.4 is 4.74 Å². The van der Waals surface area contributed by atoms with Crippen LogP contribution >= 0.6 is 11.3 Å².